The van der Waals surface area contributed by atoms with Gasteiger partial charge in [0.2, 0.25) is 0 Å². The predicted octanol–water partition coefficient (Wildman–Crippen LogP) is 0.365. The third-order valence-electron chi connectivity index (χ3n) is 2.10. The lowest BCUT2D eigenvalue weighted by atomic mass is 11.0. The van der Waals surface area contributed by atoms with Crippen LogP contribution in [0.2, 0.25) is 16.6 Å². The summed E-state index contributed by atoms with van der Waals surface area (Å²) in [4.78, 5) is 0. The summed E-state index contributed by atoms with van der Waals surface area (Å²) in [5.41, 5.74) is 4.42. The van der Waals surface area contributed by atoms with Gasteiger partial charge in [-0.1, -0.05) is 0 Å². The van der Waals surface area contributed by atoms with E-state index in [4.69, 9.17) is 0 Å². The van der Waals surface area contributed by atoms with Crippen molar-refractivity contribution in [3.8, 4) is 0 Å². The molecule has 3 heterocycles. The van der Waals surface area contributed by atoms with Crippen LogP contribution in [0.5, 0.6) is 0 Å². The van der Waals surface area contributed by atoms with E-state index in [1.165, 1.54) is 16.6 Å². The fraction of sp³-hybridized carbons (Fsp3) is 1.00. The lowest BCUT2D eigenvalue weighted by Crippen LogP contribution is -1.25. The average molecular weight is 68.2 g/mol. The third kappa shape index (κ3) is 0.0125. The Balaban J connectivity index is 3.00. The maximum absolute atomic E-state index is 1.47. The van der Waals surface area contributed by atoms with E-state index < -0.39 is 0 Å². The van der Waals surface area contributed by atoms with Crippen molar-refractivity contribution >= 4 is 8.80 Å². The van der Waals surface area contributed by atoms with Gasteiger partial charge in [-0.15, -0.1) is 0 Å². The number of rotatable bonds is 0. The highest BCUT2D eigenvalue weighted by atomic mass is 28.3. The Bertz CT molecular complexity index is 46.3. The van der Waals surface area contributed by atoms with Gasteiger partial charge in [-0.2, -0.15) is 0 Å². The maximum Gasteiger partial charge on any atom is 0.0460 e. The molecule has 0 aromatic carbocycles. The van der Waals surface area contributed by atoms with Gasteiger partial charge in [0.1, 0.15) is 0 Å². The lowest BCUT2D eigenvalue weighted by molar-refractivity contribution is 1.69. The Hall–Kier alpha value is 0.217. The SMILES string of the molecule is C12C3C1[SiH]23. The van der Waals surface area contributed by atoms with Gasteiger partial charge < -0.3 is 0 Å². The van der Waals surface area contributed by atoms with Gasteiger partial charge in [0.05, 0.1) is 0 Å². The maximum atomic E-state index is 1.47. The molecule has 4 rings (SSSR count). The molecule has 0 aromatic heterocycles. The van der Waals surface area contributed by atoms with Crippen molar-refractivity contribution in [3.63, 3.8) is 0 Å². The van der Waals surface area contributed by atoms with Crippen LogP contribution in [-0.2, 0) is 0 Å². The first-order chi connectivity index (χ1) is 2.00. The molecule has 3 saturated heterocycles. The molecule has 0 unspecified atom stereocenters. The van der Waals surface area contributed by atoms with Crippen LogP contribution in [0.15, 0.2) is 0 Å². The second-order valence-electron chi connectivity index (χ2n) is 2.31. The molecule has 0 amide bonds. The first-order valence-electron chi connectivity index (χ1n) is 2.00. The van der Waals surface area contributed by atoms with Crippen LogP contribution in [0.3, 0.4) is 0 Å². The molecule has 0 atom stereocenters. The second-order valence-corrected chi connectivity index (χ2v) is 5.77. The summed E-state index contributed by atoms with van der Waals surface area (Å²) in [6, 6.07) is 0. The number of hydrogen-bond acceptors (Lipinski definition) is 0. The third-order valence-corrected chi connectivity index (χ3v) is 5.92. The van der Waals surface area contributed by atoms with Crippen molar-refractivity contribution in [1.82, 2.24) is 0 Å². The molecule has 0 spiro atoms. The predicted molar refractivity (Wildman–Crippen MR) is 18.4 cm³/mol. The highest BCUT2D eigenvalue weighted by Crippen LogP contribution is 3.08. The zero-order valence-electron chi connectivity index (χ0n) is 2.31. The van der Waals surface area contributed by atoms with E-state index in [0.717, 1.165) is 0 Å². The van der Waals surface area contributed by atoms with Crippen LogP contribution in [-0.4, -0.2) is 8.80 Å². The van der Waals surface area contributed by atoms with E-state index in [1.807, 2.05) is 0 Å². The molecule has 4 aliphatic rings. The molecule has 4 fully saturated rings. The average Bonchev–Trinajstić information content (AvgIpc) is 1.71. The van der Waals surface area contributed by atoms with E-state index in [2.05, 4.69) is 0 Å². The van der Waals surface area contributed by atoms with E-state index in [0.29, 0.717) is 8.80 Å². The van der Waals surface area contributed by atoms with Crippen molar-refractivity contribution in [2.75, 3.05) is 0 Å². The first-order valence-corrected chi connectivity index (χ1v) is 4.00. The van der Waals surface area contributed by atoms with E-state index in [9.17, 15) is 0 Å². The molecule has 4 heavy (non-hydrogen) atoms. The monoisotopic (exact) mass is 68.0 g/mol. The standard InChI is InChI=1S/C3H4Si/c1-2-3(1)4(1)2/h1-4H. The summed E-state index contributed by atoms with van der Waals surface area (Å²) in [6.07, 6.45) is 0. The molecule has 3 aliphatic heterocycles. The topological polar surface area (TPSA) is 0 Å². The minimum absolute atomic E-state index is 0.361. The van der Waals surface area contributed by atoms with Crippen LogP contribution < -0.4 is 0 Å². The van der Waals surface area contributed by atoms with Crippen molar-refractivity contribution in [1.29, 1.82) is 0 Å². The summed E-state index contributed by atoms with van der Waals surface area (Å²) in [5.74, 6) is 0. The van der Waals surface area contributed by atoms with Gasteiger partial charge >= 0.3 is 0 Å². The zero-order chi connectivity index (χ0) is 2.31. The van der Waals surface area contributed by atoms with Crippen LogP contribution in [0.25, 0.3) is 0 Å². The summed E-state index contributed by atoms with van der Waals surface area (Å²) >= 11 is 0. The summed E-state index contributed by atoms with van der Waals surface area (Å²) in [5, 5.41) is 0. The molecule has 20 valence electrons. The highest BCUT2D eigenvalue weighted by molar-refractivity contribution is 7.03. The first kappa shape index (κ1) is 1.13. The number of hydrogen-bond donors (Lipinski definition) is 0. The second kappa shape index (κ2) is 0.106. The van der Waals surface area contributed by atoms with Crippen LogP contribution in [0, 0.1) is 0 Å². The highest BCUT2D eigenvalue weighted by Gasteiger charge is 2.98. The van der Waals surface area contributed by atoms with Crippen LogP contribution >= 0.6 is 0 Å². The Morgan fingerprint density at radius 3 is 1.25 bits per heavy atom. The summed E-state index contributed by atoms with van der Waals surface area (Å²) in [6.45, 7) is 0. The fourth-order valence-electron chi connectivity index (χ4n) is 1.10. The minimum atomic E-state index is 0.361. The van der Waals surface area contributed by atoms with Gasteiger partial charge in [-0.25, -0.2) is 0 Å². The molecule has 1 saturated carbocycles. The molecule has 0 aromatic rings. The molecule has 0 radical (unpaired) electrons. The molecule has 1 aliphatic carbocycles. The Kier molecular flexibility index (Phi) is 0.0299. The Morgan fingerprint density at radius 1 is 1.00 bits per heavy atom. The van der Waals surface area contributed by atoms with Gasteiger partial charge in [0.25, 0.3) is 0 Å². The normalized spacial score (nSPS) is 108. The minimum Gasteiger partial charge on any atom is -0.0471 e. The zero-order valence-corrected chi connectivity index (χ0v) is 3.46. The van der Waals surface area contributed by atoms with Gasteiger partial charge in [-0.05, 0) is 16.6 Å². The van der Waals surface area contributed by atoms with Crippen molar-refractivity contribution in [2.45, 2.75) is 16.6 Å². The molecule has 0 N–H and O–H groups in total. The molecule has 0 nitrogen and oxygen atoms in total. The lowest BCUT2D eigenvalue weighted by Gasteiger charge is -1.05. The quantitative estimate of drug-likeness (QED) is 0.360. The van der Waals surface area contributed by atoms with Crippen molar-refractivity contribution < 1.29 is 0 Å². The van der Waals surface area contributed by atoms with E-state index in [1.54, 1.807) is 0 Å². The van der Waals surface area contributed by atoms with Crippen molar-refractivity contribution in [3.05, 3.63) is 0 Å². The Labute approximate surface area is 26.4 Å². The molecular formula is C3H4Si. The van der Waals surface area contributed by atoms with Crippen LogP contribution in [0.4, 0.5) is 0 Å². The van der Waals surface area contributed by atoms with Gasteiger partial charge in [-0.3, -0.25) is 0 Å². The van der Waals surface area contributed by atoms with Gasteiger partial charge in [0, 0.05) is 8.80 Å². The van der Waals surface area contributed by atoms with Crippen molar-refractivity contribution in [2.24, 2.45) is 0 Å². The summed E-state index contributed by atoms with van der Waals surface area (Å²) in [7, 11) is 0.361. The molecular weight excluding hydrogens is 64.1 g/mol. The largest absolute Gasteiger partial charge is 0.0471 e. The Morgan fingerprint density at radius 2 is 1.25 bits per heavy atom. The van der Waals surface area contributed by atoms with E-state index in [-0.39, 0.29) is 0 Å². The molecule has 0 bridgehead atoms. The van der Waals surface area contributed by atoms with Crippen LogP contribution in [0.1, 0.15) is 0 Å². The van der Waals surface area contributed by atoms with Gasteiger partial charge in [0.15, 0.2) is 0 Å². The van der Waals surface area contributed by atoms with E-state index >= 15 is 0 Å². The fourth-order valence-corrected chi connectivity index (χ4v) is 4.46. The summed E-state index contributed by atoms with van der Waals surface area (Å²) < 4.78 is 0. The smallest absolute Gasteiger partial charge is 0.0460 e. The molecule has 1 heteroatoms.